The summed E-state index contributed by atoms with van der Waals surface area (Å²) >= 11 is 0. The van der Waals surface area contributed by atoms with Gasteiger partial charge >= 0.3 is 0 Å². The number of sulfone groups is 1. The van der Waals surface area contributed by atoms with E-state index >= 15 is 0 Å². The maximum absolute atomic E-state index is 12.3. The number of aromatic nitrogens is 1. The fourth-order valence-electron chi connectivity index (χ4n) is 3.51. The molecule has 0 aliphatic carbocycles. The van der Waals surface area contributed by atoms with Crippen molar-refractivity contribution in [3.63, 3.8) is 0 Å². The Hall–Kier alpha value is -2.95. The molecule has 0 atom stereocenters. The summed E-state index contributed by atoms with van der Waals surface area (Å²) < 4.78 is 24.6. The lowest BCUT2D eigenvalue weighted by molar-refractivity contribution is 0.299. The zero-order valence-electron chi connectivity index (χ0n) is 14.4. The molecule has 1 aliphatic heterocycles. The number of pyridine rings is 1. The van der Waals surface area contributed by atoms with E-state index in [1.54, 1.807) is 12.1 Å². The van der Waals surface area contributed by atoms with E-state index in [1.807, 2.05) is 24.3 Å². The average Bonchev–Trinajstić information content (AvgIpc) is 2.97. The normalized spacial score (nSPS) is 14.7. The molecule has 0 saturated carbocycles. The molecule has 136 valence electrons. The smallest absolute Gasteiger partial charge is 0.179 e. The molecule has 0 spiro atoms. The lowest BCUT2D eigenvalue weighted by Gasteiger charge is -2.14. The van der Waals surface area contributed by atoms with Crippen LogP contribution in [0.1, 0.15) is 16.7 Å². The summed E-state index contributed by atoms with van der Waals surface area (Å²) in [6, 6.07) is 13.0. The molecule has 7 heteroatoms. The van der Waals surface area contributed by atoms with Crippen LogP contribution in [-0.2, 0) is 22.7 Å². The van der Waals surface area contributed by atoms with Crippen molar-refractivity contribution in [1.29, 1.82) is 5.26 Å². The van der Waals surface area contributed by atoms with Crippen molar-refractivity contribution >= 4 is 32.1 Å². The molecule has 0 fully saturated rings. The molecule has 1 aromatic heterocycles. The summed E-state index contributed by atoms with van der Waals surface area (Å²) in [5.41, 5.74) is 4.02. The van der Waals surface area contributed by atoms with Gasteiger partial charge in [0.05, 0.1) is 27.4 Å². The summed E-state index contributed by atoms with van der Waals surface area (Å²) in [5, 5.41) is 22.7. The zero-order valence-corrected chi connectivity index (χ0v) is 15.3. The van der Waals surface area contributed by atoms with Gasteiger partial charge in [0.15, 0.2) is 9.84 Å². The highest BCUT2D eigenvalue weighted by Gasteiger charge is 2.29. The maximum atomic E-state index is 12.3. The fourth-order valence-corrected chi connectivity index (χ4v) is 5.06. The molecular formula is C20H17N3O3S. The van der Waals surface area contributed by atoms with Crippen LogP contribution < -0.4 is 5.32 Å². The Kier molecular flexibility index (Phi) is 4.30. The highest BCUT2D eigenvalue weighted by Crippen LogP contribution is 2.38. The van der Waals surface area contributed by atoms with Gasteiger partial charge in [-0.1, -0.05) is 12.1 Å². The Bertz CT molecular complexity index is 1200. The molecule has 0 radical (unpaired) electrons. The molecule has 0 bridgehead atoms. The standard InChI is InChI=1S/C20H17N3O3S/c21-11-14-12-22-17-4-5-18-16(7-9-27(18,25)26)19(17)20(14)23-15-3-1-2-13(10-15)6-8-24/h1-5,10,12,24H,6-9H2,(H,22,23). The summed E-state index contributed by atoms with van der Waals surface area (Å²) in [6.07, 6.45) is 2.44. The van der Waals surface area contributed by atoms with Gasteiger partial charge in [-0.3, -0.25) is 4.98 Å². The van der Waals surface area contributed by atoms with Crippen LogP contribution in [0, 0.1) is 11.3 Å². The minimum Gasteiger partial charge on any atom is -0.396 e. The second kappa shape index (κ2) is 6.65. The van der Waals surface area contributed by atoms with E-state index in [4.69, 9.17) is 5.11 Å². The van der Waals surface area contributed by atoms with Gasteiger partial charge in [0.1, 0.15) is 6.07 Å². The molecule has 3 aromatic rings. The van der Waals surface area contributed by atoms with Gasteiger partial charge < -0.3 is 10.4 Å². The second-order valence-corrected chi connectivity index (χ2v) is 8.54. The number of hydrogen-bond donors (Lipinski definition) is 2. The number of benzene rings is 2. The van der Waals surface area contributed by atoms with E-state index < -0.39 is 9.84 Å². The first kappa shape index (κ1) is 17.5. The van der Waals surface area contributed by atoms with E-state index in [-0.39, 0.29) is 12.4 Å². The molecule has 0 unspecified atom stereocenters. The Morgan fingerprint density at radius 1 is 1.26 bits per heavy atom. The minimum atomic E-state index is -3.29. The van der Waals surface area contributed by atoms with Crippen LogP contribution >= 0.6 is 0 Å². The first-order chi connectivity index (χ1) is 13.0. The molecule has 2 N–H and O–H groups in total. The number of nitriles is 1. The van der Waals surface area contributed by atoms with Crippen LogP contribution in [0.15, 0.2) is 47.5 Å². The first-order valence-corrected chi connectivity index (χ1v) is 10.2. The topological polar surface area (TPSA) is 103 Å². The Morgan fingerprint density at radius 2 is 2.11 bits per heavy atom. The minimum absolute atomic E-state index is 0.0520. The first-order valence-electron chi connectivity index (χ1n) is 8.58. The summed E-state index contributed by atoms with van der Waals surface area (Å²) in [6.45, 7) is 0.0520. The monoisotopic (exact) mass is 379 g/mol. The van der Waals surface area contributed by atoms with Crippen LogP contribution in [-0.4, -0.2) is 30.9 Å². The lowest BCUT2D eigenvalue weighted by atomic mass is 10.0. The molecule has 2 aromatic carbocycles. The quantitative estimate of drug-likeness (QED) is 0.722. The zero-order chi connectivity index (χ0) is 19.0. The Labute approximate surface area is 157 Å². The average molecular weight is 379 g/mol. The number of hydrogen-bond acceptors (Lipinski definition) is 6. The van der Waals surface area contributed by atoms with Crippen molar-refractivity contribution in [2.75, 3.05) is 17.7 Å². The number of aliphatic hydroxyl groups is 1. The molecule has 27 heavy (non-hydrogen) atoms. The number of nitrogens with zero attached hydrogens (tertiary/aromatic N) is 2. The van der Waals surface area contributed by atoms with Gasteiger partial charge in [-0.15, -0.1) is 0 Å². The predicted octanol–water partition coefficient (Wildman–Crippen LogP) is 2.71. The van der Waals surface area contributed by atoms with Gasteiger partial charge in [-0.05, 0) is 48.2 Å². The van der Waals surface area contributed by atoms with E-state index in [0.717, 1.165) is 11.3 Å². The number of anilines is 2. The number of aryl methyl sites for hydroxylation is 1. The highest BCUT2D eigenvalue weighted by atomic mass is 32.2. The third-order valence-corrected chi connectivity index (χ3v) is 6.57. The number of rotatable bonds is 4. The molecule has 0 amide bonds. The van der Waals surface area contributed by atoms with Gasteiger partial charge in [-0.25, -0.2) is 8.42 Å². The van der Waals surface area contributed by atoms with E-state index in [2.05, 4.69) is 16.4 Å². The second-order valence-electron chi connectivity index (χ2n) is 6.46. The molecule has 6 nitrogen and oxygen atoms in total. The number of nitrogens with one attached hydrogen (secondary N) is 1. The maximum Gasteiger partial charge on any atom is 0.179 e. The lowest BCUT2D eigenvalue weighted by Crippen LogP contribution is -2.01. The van der Waals surface area contributed by atoms with Gasteiger partial charge in [0.25, 0.3) is 0 Å². The third kappa shape index (κ3) is 3.03. The van der Waals surface area contributed by atoms with Crippen LogP contribution in [0.2, 0.25) is 0 Å². The molecule has 1 aliphatic rings. The van der Waals surface area contributed by atoms with Crippen LogP contribution in [0.5, 0.6) is 0 Å². The van der Waals surface area contributed by atoms with Crippen LogP contribution in [0.3, 0.4) is 0 Å². The van der Waals surface area contributed by atoms with Crippen LogP contribution in [0.4, 0.5) is 11.4 Å². The van der Waals surface area contributed by atoms with E-state index in [1.165, 1.54) is 6.20 Å². The fraction of sp³-hybridized carbons (Fsp3) is 0.200. The summed E-state index contributed by atoms with van der Waals surface area (Å²) in [7, 11) is -3.29. The summed E-state index contributed by atoms with van der Waals surface area (Å²) in [4.78, 5) is 4.66. The predicted molar refractivity (Wildman–Crippen MR) is 103 cm³/mol. The van der Waals surface area contributed by atoms with Gasteiger partial charge in [-0.2, -0.15) is 5.26 Å². The number of fused-ring (bicyclic) bond motifs is 3. The highest BCUT2D eigenvalue weighted by molar-refractivity contribution is 7.91. The van der Waals surface area contributed by atoms with Gasteiger partial charge in [0, 0.05) is 23.9 Å². The Morgan fingerprint density at radius 3 is 2.89 bits per heavy atom. The largest absolute Gasteiger partial charge is 0.396 e. The van der Waals surface area contributed by atoms with Crippen molar-refractivity contribution < 1.29 is 13.5 Å². The number of aliphatic hydroxyl groups excluding tert-OH is 1. The summed E-state index contributed by atoms with van der Waals surface area (Å²) in [5.74, 6) is 0.0731. The van der Waals surface area contributed by atoms with E-state index in [0.29, 0.717) is 45.5 Å². The van der Waals surface area contributed by atoms with Crippen molar-refractivity contribution in [1.82, 2.24) is 4.98 Å². The van der Waals surface area contributed by atoms with Crippen molar-refractivity contribution in [3.05, 3.63) is 59.3 Å². The third-order valence-electron chi connectivity index (χ3n) is 4.77. The SMILES string of the molecule is N#Cc1cnc2ccc3c(c2c1Nc1cccc(CCO)c1)CCS3(=O)=O. The van der Waals surface area contributed by atoms with Gasteiger partial charge in [0.2, 0.25) is 0 Å². The van der Waals surface area contributed by atoms with Crippen molar-refractivity contribution in [3.8, 4) is 6.07 Å². The van der Waals surface area contributed by atoms with Crippen molar-refractivity contribution in [2.24, 2.45) is 0 Å². The van der Waals surface area contributed by atoms with Crippen molar-refractivity contribution in [2.45, 2.75) is 17.7 Å². The van der Waals surface area contributed by atoms with E-state index in [9.17, 15) is 13.7 Å². The molecular weight excluding hydrogens is 362 g/mol. The molecule has 4 rings (SSSR count). The Balaban J connectivity index is 1.93. The molecule has 2 heterocycles. The van der Waals surface area contributed by atoms with Crippen LogP contribution in [0.25, 0.3) is 10.9 Å². The molecule has 0 saturated heterocycles.